The van der Waals surface area contributed by atoms with Crippen LogP contribution in [0.25, 0.3) is 0 Å². The maximum atomic E-state index is 5.69. The molecule has 1 aliphatic rings. The molecule has 104 valence electrons. The fourth-order valence-electron chi connectivity index (χ4n) is 2.54. The summed E-state index contributed by atoms with van der Waals surface area (Å²) in [5.41, 5.74) is 8.28. The van der Waals surface area contributed by atoms with Gasteiger partial charge in [0.15, 0.2) is 0 Å². The van der Waals surface area contributed by atoms with E-state index in [-0.39, 0.29) is 0 Å². The van der Waals surface area contributed by atoms with Crippen LogP contribution in [0.15, 0.2) is 36.7 Å². The molecule has 0 saturated carbocycles. The Labute approximate surface area is 119 Å². The molecular weight excluding hydrogens is 250 g/mol. The topological polar surface area (TPSA) is 58.3 Å². The Kier molecular flexibility index (Phi) is 3.41. The second-order valence-corrected chi connectivity index (χ2v) is 5.12. The maximum absolute atomic E-state index is 5.69. The number of aromatic nitrogens is 2. The van der Waals surface area contributed by atoms with Gasteiger partial charge in [-0.3, -0.25) is 4.98 Å². The van der Waals surface area contributed by atoms with E-state index in [2.05, 4.69) is 51.0 Å². The minimum absolute atomic E-state index is 0.476. The number of hydrogen-bond donors (Lipinski definition) is 1. The van der Waals surface area contributed by atoms with Gasteiger partial charge in [-0.05, 0) is 24.6 Å². The lowest BCUT2D eigenvalue weighted by atomic mass is 10.2. The number of hydrogen-bond acceptors (Lipinski definition) is 5. The maximum Gasteiger partial charge on any atom is 0.149 e. The van der Waals surface area contributed by atoms with E-state index < -0.39 is 0 Å². The van der Waals surface area contributed by atoms with Gasteiger partial charge in [-0.25, -0.2) is 4.98 Å². The van der Waals surface area contributed by atoms with Crippen LogP contribution in [0.5, 0.6) is 0 Å². The van der Waals surface area contributed by atoms with Crippen LogP contribution in [-0.2, 0) is 0 Å². The van der Waals surface area contributed by atoms with Crippen molar-refractivity contribution < 1.29 is 0 Å². The molecule has 1 aromatic heterocycles. The van der Waals surface area contributed by atoms with Gasteiger partial charge in [0, 0.05) is 31.9 Å². The first-order valence-electron chi connectivity index (χ1n) is 6.86. The Morgan fingerprint density at radius 3 is 2.50 bits per heavy atom. The third-order valence-corrected chi connectivity index (χ3v) is 3.61. The Bertz CT molecular complexity index is 537. The van der Waals surface area contributed by atoms with Gasteiger partial charge in [-0.1, -0.05) is 12.1 Å². The summed E-state index contributed by atoms with van der Waals surface area (Å²) < 4.78 is 0. The molecule has 1 aromatic carbocycles. The zero-order chi connectivity index (χ0) is 13.9. The van der Waals surface area contributed by atoms with Crippen LogP contribution in [0.1, 0.15) is 5.56 Å². The number of aryl methyl sites for hydroxylation is 1. The molecule has 2 heterocycles. The zero-order valence-corrected chi connectivity index (χ0v) is 11.7. The Morgan fingerprint density at radius 2 is 1.80 bits per heavy atom. The molecule has 0 unspecified atom stereocenters. The monoisotopic (exact) mass is 269 g/mol. The lowest BCUT2D eigenvalue weighted by Gasteiger charge is -2.36. The summed E-state index contributed by atoms with van der Waals surface area (Å²) in [6.07, 6.45) is 3.35. The standard InChI is InChI=1S/C15H19N5/c1-12-3-2-4-13(9-12)19-5-7-20(8-6-19)15-11-17-10-14(16)18-15/h2-4,9-11H,5-8H2,1H3,(H2,16,18). The van der Waals surface area contributed by atoms with Crippen LogP contribution >= 0.6 is 0 Å². The molecule has 1 saturated heterocycles. The lowest BCUT2D eigenvalue weighted by molar-refractivity contribution is 0.646. The van der Waals surface area contributed by atoms with Gasteiger partial charge in [-0.15, -0.1) is 0 Å². The quantitative estimate of drug-likeness (QED) is 0.899. The molecule has 0 aliphatic carbocycles. The van der Waals surface area contributed by atoms with Crippen molar-refractivity contribution in [1.82, 2.24) is 9.97 Å². The van der Waals surface area contributed by atoms with Gasteiger partial charge < -0.3 is 15.5 Å². The summed E-state index contributed by atoms with van der Waals surface area (Å²) in [6.45, 7) is 5.97. The van der Waals surface area contributed by atoms with Crippen molar-refractivity contribution in [2.24, 2.45) is 0 Å². The van der Waals surface area contributed by atoms with E-state index in [0.29, 0.717) is 5.82 Å². The number of anilines is 3. The molecule has 0 bridgehead atoms. The fraction of sp³-hybridized carbons (Fsp3) is 0.333. The molecule has 5 nitrogen and oxygen atoms in total. The van der Waals surface area contributed by atoms with Crippen LogP contribution < -0.4 is 15.5 Å². The van der Waals surface area contributed by atoms with Crippen molar-refractivity contribution in [3.63, 3.8) is 0 Å². The average Bonchev–Trinajstić information content (AvgIpc) is 2.47. The van der Waals surface area contributed by atoms with Gasteiger partial charge in [-0.2, -0.15) is 0 Å². The van der Waals surface area contributed by atoms with Gasteiger partial charge >= 0.3 is 0 Å². The molecule has 1 fully saturated rings. The minimum Gasteiger partial charge on any atom is -0.382 e. The number of nitrogen functional groups attached to an aromatic ring is 1. The van der Waals surface area contributed by atoms with E-state index in [0.717, 1.165) is 32.0 Å². The zero-order valence-electron chi connectivity index (χ0n) is 11.7. The lowest BCUT2D eigenvalue weighted by Crippen LogP contribution is -2.46. The van der Waals surface area contributed by atoms with E-state index in [9.17, 15) is 0 Å². The molecule has 0 radical (unpaired) electrons. The predicted octanol–water partition coefficient (Wildman–Crippen LogP) is 1.69. The van der Waals surface area contributed by atoms with Crippen molar-refractivity contribution >= 4 is 17.3 Å². The smallest absolute Gasteiger partial charge is 0.149 e. The third kappa shape index (κ3) is 2.66. The molecule has 1 aliphatic heterocycles. The van der Waals surface area contributed by atoms with E-state index in [1.807, 2.05) is 0 Å². The number of rotatable bonds is 2. The normalized spacial score (nSPS) is 15.4. The Hall–Kier alpha value is -2.30. The van der Waals surface area contributed by atoms with Gasteiger partial charge in [0.05, 0.1) is 12.4 Å². The van der Waals surface area contributed by atoms with E-state index in [4.69, 9.17) is 5.73 Å². The SMILES string of the molecule is Cc1cccc(N2CCN(c3cncc(N)n3)CC2)c1. The second-order valence-electron chi connectivity index (χ2n) is 5.12. The van der Waals surface area contributed by atoms with E-state index >= 15 is 0 Å². The molecule has 0 amide bonds. The molecule has 20 heavy (non-hydrogen) atoms. The first-order valence-corrected chi connectivity index (χ1v) is 6.86. The number of nitrogens with two attached hydrogens (primary N) is 1. The predicted molar refractivity (Wildman–Crippen MR) is 82.0 cm³/mol. The van der Waals surface area contributed by atoms with Gasteiger partial charge in [0.1, 0.15) is 11.6 Å². The summed E-state index contributed by atoms with van der Waals surface area (Å²) in [4.78, 5) is 13.1. The first-order chi connectivity index (χ1) is 9.72. The van der Waals surface area contributed by atoms with Crippen molar-refractivity contribution in [3.05, 3.63) is 42.2 Å². The highest BCUT2D eigenvalue weighted by molar-refractivity contribution is 5.51. The van der Waals surface area contributed by atoms with Crippen molar-refractivity contribution in [2.45, 2.75) is 6.92 Å². The Morgan fingerprint density at radius 1 is 1.05 bits per heavy atom. The van der Waals surface area contributed by atoms with Gasteiger partial charge in [0.2, 0.25) is 0 Å². The number of nitrogens with zero attached hydrogens (tertiary/aromatic N) is 4. The van der Waals surface area contributed by atoms with E-state index in [1.165, 1.54) is 11.3 Å². The summed E-state index contributed by atoms with van der Waals surface area (Å²) in [6, 6.07) is 8.64. The number of benzene rings is 1. The van der Waals surface area contributed by atoms with Crippen molar-refractivity contribution in [3.8, 4) is 0 Å². The molecule has 2 N–H and O–H groups in total. The molecule has 0 spiro atoms. The van der Waals surface area contributed by atoms with Crippen LogP contribution in [0.2, 0.25) is 0 Å². The highest BCUT2D eigenvalue weighted by Crippen LogP contribution is 2.20. The average molecular weight is 269 g/mol. The molecule has 3 rings (SSSR count). The van der Waals surface area contributed by atoms with Gasteiger partial charge in [0.25, 0.3) is 0 Å². The highest BCUT2D eigenvalue weighted by Gasteiger charge is 2.18. The molecule has 2 aromatic rings. The Balaban J connectivity index is 1.68. The first kappa shape index (κ1) is 12.7. The fourth-order valence-corrected chi connectivity index (χ4v) is 2.54. The van der Waals surface area contributed by atoms with Crippen molar-refractivity contribution in [1.29, 1.82) is 0 Å². The summed E-state index contributed by atoms with van der Waals surface area (Å²) in [5.74, 6) is 1.34. The van der Waals surface area contributed by atoms with Crippen LogP contribution in [0, 0.1) is 6.92 Å². The minimum atomic E-state index is 0.476. The second kappa shape index (κ2) is 5.36. The molecular formula is C15H19N5. The third-order valence-electron chi connectivity index (χ3n) is 3.61. The highest BCUT2D eigenvalue weighted by atomic mass is 15.3. The summed E-state index contributed by atoms with van der Waals surface area (Å²) in [5, 5.41) is 0. The summed E-state index contributed by atoms with van der Waals surface area (Å²) in [7, 11) is 0. The van der Waals surface area contributed by atoms with E-state index in [1.54, 1.807) is 12.4 Å². The number of piperazine rings is 1. The molecule has 0 atom stereocenters. The van der Waals surface area contributed by atoms with Crippen molar-refractivity contribution in [2.75, 3.05) is 41.7 Å². The largest absolute Gasteiger partial charge is 0.382 e. The molecule has 5 heteroatoms. The van der Waals surface area contributed by atoms with Crippen LogP contribution in [0.4, 0.5) is 17.3 Å². The summed E-state index contributed by atoms with van der Waals surface area (Å²) >= 11 is 0. The van der Waals surface area contributed by atoms with Crippen LogP contribution in [0.3, 0.4) is 0 Å². The van der Waals surface area contributed by atoms with Crippen LogP contribution in [-0.4, -0.2) is 36.1 Å².